The van der Waals surface area contributed by atoms with Gasteiger partial charge in [-0.15, -0.1) is 0 Å². The van der Waals surface area contributed by atoms with E-state index in [9.17, 15) is 8.78 Å². The number of halogens is 2. The average molecular weight is 249 g/mol. The van der Waals surface area contributed by atoms with E-state index in [2.05, 4.69) is 15.0 Å². The third-order valence-electron chi connectivity index (χ3n) is 2.54. The van der Waals surface area contributed by atoms with Crippen LogP contribution < -0.4 is 0 Å². The molecule has 2 rings (SSSR count). The van der Waals surface area contributed by atoms with Gasteiger partial charge in [0.2, 0.25) is 11.9 Å². The summed E-state index contributed by atoms with van der Waals surface area (Å²) >= 11 is 0. The Labute approximate surface area is 104 Å². The molecule has 0 aliphatic heterocycles. The normalized spacial score (nSPS) is 11.6. The Morgan fingerprint density at radius 2 is 1.44 bits per heavy atom. The standard InChI is InChI=1S/C13H13F2N3/c1-13(2,3)9-6-16-12(17-7-9)8-4-10(14)18-11(15)5-8/h4-7H,1-3H3. The summed E-state index contributed by atoms with van der Waals surface area (Å²) in [5, 5.41) is 0. The minimum absolute atomic E-state index is 0.0622. The molecule has 5 heteroatoms. The molecule has 0 radical (unpaired) electrons. The van der Waals surface area contributed by atoms with Crippen molar-refractivity contribution in [3.05, 3.63) is 42.0 Å². The molecule has 0 amide bonds. The maximum atomic E-state index is 13.0. The van der Waals surface area contributed by atoms with Gasteiger partial charge in [-0.1, -0.05) is 20.8 Å². The Kier molecular flexibility index (Phi) is 3.07. The quantitative estimate of drug-likeness (QED) is 0.729. The van der Waals surface area contributed by atoms with E-state index in [1.807, 2.05) is 20.8 Å². The molecule has 2 aromatic heterocycles. The summed E-state index contributed by atoms with van der Waals surface area (Å²) in [5.74, 6) is -1.48. The molecule has 18 heavy (non-hydrogen) atoms. The van der Waals surface area contributed by atoms with Crippen molar-refractivity contribution < 1.29 is 8.78 Å². The number of hydrogen-bond donors (Lipinski definition) is 0. The number of hydrogen-bond acceptors (Lipinski definition) is 3. The summed E-state index contributed by atoms with van der Waals surface area (Å²) in [6.07, 6.45) is 3.33. The lowest BCUT2D eigenvalue weighted by Crippen LogP contribution is -2.12. The van der Waals surface area contributed by atoms with Gasteiger partial charge in [-0.2, -0.15) is 13.8 Å². The highest BCUT2D eigenvalue weighted by Gasteiger charge is 2.15. The first-order valence-electron chi connectivity index (χ1n) is 5.52. The molecule has 0 aromatic carbocycles. The third kappa shape index (κ3) is 2.67. The fraction of sp³-hybridized carbons (Fsp3) is 0.308. The first-order chi connectivity index (χ1) is 8.36. The second kappa shape index (κ2) is 4.40. The Morgan fingerprint density at radius 3 is 1.89 bits per heavy atom. The van der Waals surface area contributed by atoms with E-state index in [1.165, 1.54) is 0 Å². The lowest BCUT2D eigenvalue weighted by Gasteiger charge is -2.17. The van der Waals surface area contributed by atoms with Crippen molar-refractivity contribution >= 4 is 0 Å². The minimum atomic E-state index is -0.881. The van der Waals surface area contributed by atoms with Gasteiger partial charge in [-0.3, -0.25) is 0 Å². The predicted octanol–water partition coefficient (Wildman–Crippen LogP) is 3.11. The van der Waals surface area contributed by atoms with E-state index in [-0.39, 0.29) is 16.8 Å². The van der Waals surface area contributed by atoms with E-state index in [0.29, 0.717) is 0 Å². The molecule has 0 aliphatic carbocycles. The van der Waals surface area contributed by atoms with Crippen LogP contribution in [0.1, 0.15) is 26.3 Å². The van der Waals surface area contributed by atoms with Crippen LogP contribution in [0.15, 0.2) is 24.5 Å². The van der Waals surface area contributed by atoms with Crippen LogP contribution in [0.5, 0.6) is 0 Å². The summed E-state index contributed by atoms with van der Waals surface area (Å²) in [7, 11) is 0. The highest BCUT2D eigenvalue weighted by atomic mass is 19.1. The highest BCUT2D eigenvalue weighted by molar-refractivity contribution is 5.53. The van der Waals surface area contributed by atoms with Crippen molar-refractivity contribution in [1.29, 1.82) is 0 Å². The number of nitrogens with zero attached hydrogens (tertiary/aromatic N) is 3. The van der Waals surface area contributed by atoms with Crippen LogP contribution in [0.25, 0.3) is 11.4 Å². The molecular formula is C13H13F2N3. The summed E-state index contributed by atoms with van der Waals surface area (Å²) in [4.78, 5) is 11.3. The fourth-order valence-corrected chi connectivity index (χ4v) is 1.46. The molecule has 0 fully saturated rings. The molecule has 94 valence electrons. The molecule has 0 aliphatic rings. The van der Waals surface area contributed by atoms with Crippen molar-refractivity contribution in [2.24, 2.45) is 0 Å². The first-order valence-corrected chi connectivity index (χ1v) is 5.52. The van der Waals surface area contributed by atoms with Crippen LogP contribution in [0, 0.1) is 11.9 Å². The zero-order valence-electron chi connectivity index (χ0n) is 10.4. The molecule has 2 heterocycles. The summed E-state index contributed by atoms with van der Waals surface area (Å²) < 4.78 is 26.0. The molecule has 3 nitrogen and oxygen atoms in total. The Bertz CT molecular complexity index is 539. The summed E-state index contributed by atoms with van der Waals surface area (Å²) in [5.41, 5.74) is 1.18. The van der Waals surface area contributed by atoms with E-state index in [0.717, 1.165) is 17.7 Å². The van der Waals surface area contributed by atoms with Gasteiger partial charge < -0.3 is 0 Å². The van der Waals surface area contributed by atoms with Crippen molar-refractivity contribution in [3.63, 3.8) is 0 Å². The smallest absolute Gasteiger partial charge is 0.216 e. The first kappa shape index (κ1) is 12.5. The lowest BCUT2D eigenvalue weighted by atomic mass is 9.89. The van der Waals surface area contributed by atoms with Crippen LogP contribution in [-0.4, -0.2) is 15.0 Å². The molecule has 0 unspecified atom stereocenters. The van der Waals surface area contributed by atoms with Gasteiger partial charge in [0.15, 0.2) is 5.82 Å². The predicted molar refractivity (Wildman–Crippen MR) is 63.9 cm³/mol. The van der Waals surface area contributed by atoms with Gasteiger partial charge in [-0.05, 0) is 11.0 Å². The van der Waals surface area contributed by atoms with Crippen LogP contribution >= 0.6 is 0 Å². The largest absolute Gasteiger partial charge is 0.236 e. The van der Waals surface area contributed by atoms with E-state index < -0.39 is 11.9 Å². The second-order valence-electron chi connectivity index (χ2n) is 5.05. The molecule has 0 N–H and O–H groups in total. The van der Waals surface area contributed by atoms with Crippen molar-refractivity contribution in [2.45, 2.75) is 26.2 Å². The van der Waals surface area contributed by atoms with Crippen LogP contribution in [0.2, 0.25) is 0 Å². The SMILES string of the molecule is CC(C)(C)c1cnc(-c2cc(F)nc(F)c2)nc1. The summed E-state index contributed by atoms with van der Waals surface area (Å²) in [6, 6.07) is 2.21. The molecule has 0 saturated carbocycles. The Balaban J connectivity index is 2.40. The average Bonchev–Trinajstić information content (AvgIpc) is 2.27. The van der Waals surface area contributed by atoms with Gasteiger partial charge in [-0.25, -0.2) is 9.97 Å². The molecule has 0 saturated heterocycles. The van der Waals surface area contributed by atoms with E-state index in [4.69, 9.17) is 0 Å². The van der Waals surface area contributed by atoms with Gasteiger partial charge in [0.1, 0.15) is 0 Å². The lowest BCUT2D eigenvalue weighted by molar-refractivity contribution is 0.513. The van der Waals surface area contributed by atoms with Gasteiger partial charge >= 0.3 is 0 Å². The maximum Gasteiger partial charge on any atom is 0.216 e. The fourth-order valence-electron chi connectivity index (χ4n) is 1.46. The third-order valence-corrected chi connectivity index (χ3v) is 2.54. The van der Waals surface area contributed by atoms with Gasteiger partial charge in [0.05, 0.1) is 0 Å². The maximum absolute atomic E-state index is 13.0. The van der Waals surface area contributed by atoms with E-state index in [1.54, 1.807) is 12.4 Å². The highest BCUT2D eigenvalue weighted by Crippen LogP contribution is 2.22. The van der Waals surface area contributed by atoms with E-state index >= 15 is 0 Å². The van der Waals surface area contributed by atoms with Crippen LogP contribution in [0.4, 0.5) is 8.78 Å². The van der Waals surface area contributed by atoms with Crippen molar-refractivity contribution in [3.8, 4) is 11.4 Å². The van der Waals surface area contributed by atoms with Crippen molar-refractivity contribution in [2.75, 3.05) is 0 Å². The summed E-state index contributed by atoms with van der Waals surface area (Å²) in [6.45, 7) is 6.12. The number of aromatic nitrogens is 3. The Morgan fingerprint density at radius 1 is 0.944 bits per heavy atom. The Hall–Kier alpha value is -1.91. The number of pyridine rings is 1. The minimum Gasteiger partial charge on any atom is -0.236 e. The molecule has 0 bridgehead atoms. The molecule has 2 aromatic rings. The van der Waals surface area contributed by atoms with Crippen LogP contribution in [0.3, 0.4) is 0 Å². The van der Waals surface area contributed by atoms with Gasteiger partial charge in [0.25, 0.3) is 0 Å². The van der Waals surface area contributed by atoms with Gasteiger partial charge in [0, 0.05) is 30.1 Å². The monoisotopic (exact) mass is 249 g/mol. The second-order valence-corrected chi connectivity index (χ2v) is 5.05. The number of rotatable bonds is 1. The van der Waals surface area contributed by atoms with Crippen LogP contribution in [-0.2, 0) is 5.41 Å². The zero-order chi connectivity index (χ0) is 13.3. The molecular weight excluding hydrogens is 236 g/mol. The molecule has 0 spiro atoms. The zero-order valence-corrected chi connectivity index (χ0v) is 10.4. The molecule has 0 atom stereocenters. The topological polar surface area (TPSA) is 38.7 Å². The van der Waals surface area contributed by atoms with Crippen molar-refractivity contribution in [1.82, 2.24) is 15.0 Å².